The molecule has 0 heterocycles. The van der Waals surface area contributed by atoms with Crippen LogP contribution < -0.4 is 5.32 Å². The maximum absolute atomic E-state index is 11.9. The lowest BCUT2D eigenvalue weighted by Gasteiger charge is -2.12. The van der Waals surface area contributed by atoms with Crippen LogP contribution in [0, 0.1) is 0 Å². The van der Waals surface area contributed by atoms with Gasteiger partial charge in [0.05, 0.1) is 6.10 Å². The molecular formula is C18H18ClNO3. The van der Waals surface area contributed by atoms with Crippen LogP contribution in [0.3, 0.4) is 0 Å². The molecule has 0 aliphatic rings. The standard InChI is InChI=1S/C18H18ClNO3/c19-15-8-6-14(7-9-15)17(22)12-20-18(23)11-10-16(21)13-4-2-1-3-5-13/h1-9,17,22H,10-12H2,(H,20,23). The normalized spacial score (nSPS) is 11.7. The Morgan fingerprint density at radius 2 is 1.65 bits per heavy atom. The largest absolute Gasteiger partial charge is 0.387 e. The van der Waals surface area contributed by atoms with Crippen LogP contribution in [0.1, 0.15) is 34.9 Å². The molecule has 4 nitrogen and oxygen atoms in total. The van der Waals surface area contributed by atoms with Crippen molar-refractivity contribution in [3.05, 3.63) is 70.7 Å². The van der Waals surface area contributed by atoms with Crippen molar-refractivity contribution in [3.63, 3.8) is 0 Å². The van der Waals surface area contributed by atoms with E-state index in [1.807, 2.05) is 6.07 Å². The summed E-state index contributed by atoms with van der Waals surface area (Å²) in [6.07, 6.45) is -0.561. The molecule has 23 heavy (non-hydrogen) atoms. The minimum atomic E-state index is -0.805. The number of carbonyl (C=O) groups excluding carboxylic acids is 2. The van der Waals surface area contributed by atoms with E-state index in [9.17, 15) is 14.7 Å². The summed E-state index contributed by atoms with van der Waals surface area (Å²) in [5, 5.41) is 13.2. The molecule has 2 rings (SSSR count). The van der Waals surface area contributed by atoms with Crippen molar-refractivity contribution >= 4 is 23.3 Å². The molecule has 120 valence electrons. The van der Waals surface area contributed by atoms with Crippen molar-refractivity contribution in [2.75, 3.05) is 6.54 Å². The van der Waals surface area contributed by atoms with Gasteiger partial charge in [-0.25, -0.2) is 0 Å². The molecular weight excluding hydrogens is 314 g/mol. The summed E-state index contributed by atoms with van der Waals surface area (Å²) in [5.74, 6) is -0.332. The third-order valence-corrected chi connectivity index (χ3v) is 3.67. The zero-order chi connectivity index (χ0) is 16.7. The number of rotatable bonds is 7. The van der Waals surface area contributed by atoms with Gasteiger partial charge in [0.1, 0.15) is 0 Å². The molecule has 0 saturated carbocycles. The third-order valence-electron chi connectivity index (χ3n) is 3.42. The zero-order valence-corrected chi connectivity index (χ0v) is 13.3. The minimum absolute atomic E-state index is 0.0704. The van der Waals surface area contributed by atoms with Gasteiger partial charge >= 0.3 is 0 Å². The van der Waals surface area contributed by atoms with Gasteiger partial charge in [-0.05, 0) is 17.7 Å². The molecule has 0 aromatic heterocycles. The molecule has 0 bridgehead atoms. The Balaban J connectivity index is 1.74. The molecule has 1 unspecified atom stereocenters. The Kier molecular flexibility index (Phi) is 6.32. The summed E-state index contributed by atoms with van der Waals surface area (Å²) >= 11 is 5.78. The number of nitrogens with one attached hydrogen (secondary N) is 1. The highest BCUT2D eigenvalue weighted by atomic mass is 35.5. The van der Waals surface area contributed by atoms with Crippen LogP contribution in [-0.4, -0.2) is 23.3 Å². The Labute approximate surface area is 140 Å². The van der Waals surface area contributed by atoms with Gasteiger partial charge in [0.25, 0.3) is 0 Å². The van der Waals surface area contributed by atoms with E-state index in [4.69, 9.17) is 11.6 Å². The lowest BCUT2D eigenvalue weighted by Crippen LogP contribution is -2.28. The first kappa shape index (κ1) is 17.2. The number of benzene rings is 2. The first-order valence-corrected chi connectivity index (χ1v) is 7.72. The van der Waals surface area contributed by atoms with Crippen LogP contribution in [0.5, 0.6) is 0 Å². The van der Waals surface area contributed by atoms with E-state index in [0.717, 1.165) is 0 Å². The van der Waals surface area contributed by atoms with Crippen molar-refractivity contribution in [3.8, 4) is 0 Å². The van der Waals surface area contributed by atoms with Gasteiger partial charge in [-0.3, -0.25) is 9.59 Å². The van der Waals surface area contributed by atoms with Crippen LogP contribution in [0.4, 0.5) is 0 Å². The average Bonchev–Trinajstić information content (AvgIpc) is 2.59. The second kappa shape index (κ2) is 8.46. The van der Waals surface area contributed by atoms with Gasteiger partial charge in [0.2, 0.25) is 5.91 Å². The van der Waals surface area contributed by atoms with Crippen LogP contribution in [-0.2, 0) is 4.79 Å². The SMILES string of the molecule is O=C(CCC(=O)c1ccccc1)NCC(O)c1ccc(Cl)cc1. The van der Waals surface area contributed by atoms with Crippen LogP contribution in [0.15, 0.2) is 54.6 Å². The quantitative estimate of drug-likeness (QED) is 0.766. The van der Waals surface area contributed by atoms with Gasteiger partial charge in [-0.2, -0.15) is 0 Å². The second-order valence-electron chi connectivity index (χ2n) is 5.16. The smallest absolute Gasteiger partial charge is 0.220 e. The number of aliphatic hydroxyl groups is 1. The molecule has 2 N–H and O–H groups in total. The van der Waals surface area contributed by atoms with Crippen molar-refractivity contribution in [1.82, 2.24) is 5.32 Å². The molecule has 5 heteroatoms. The van der Waals surface area contributed by atoms with E-state index in [0.29, 0.717) is 16.1 Å². The predicted octanol–water partition coefficient (Wildman–Crippen LogP) is 3.15. The summed E-state index contributed by atoms with van der Waals surface area (Å²) in [5.41, 5.74) is 1.27. The minimum Gasteiger partial charge on any atom is -0.387 e. The maximum Gasteiger partial charge on any atom is 0.220 e. The summed E-state index contributed by atoms with van der Waals surface area (Å²) < 4.78 is 0. The van der Waals surface area contributed by atoms with Crippen molar-refractivity contribution < 1.29 is 14.7 Å². The molecule has 0 aliphatic heterocycles. The predicted molar refractivity (Wildman–Crippen MR) is 89.4 cm³/mol. The fraction of sp³-hybridized carbons (Fsp3) is 0.222. The average molecular weight is 332 g/mol. The van der Waals surface area contributed by atoms with E-state index in [1.165, 1.54) is 0 Å². The Hall–Kier alpha value is -2.17. The van der Waals surface area contributed by atoms with E-state index in [-0.39, 0.29) is 31.1 Å². The van der Waals surface area contributed by atoms with Crippen molar-refractivity contribution in [1.29, 1.82) is 0 Å². The highest BCUT2D eigenvalue weighted by molar-refractivity contribution is 6.30. The molecule has 0 fully saturated rings. The number of aliphatic hydroxyl groups excluding tert-OH is 1. The topological polar surface area (TPSA) is 66.4 Å². The van der Waals surface area contributed by atoms with Crippen LogP contribution in [0.2, 0.25) is 5.02 Å². The molecule has 1 amide bonds. The molecule has 2 aromatic carbocycles. The van der Waals surface area contributed by atoms with Gasteiger partial charge < -0.3 is 10.4 Å². The fourth-order valence-corrected chi connectivity index (χ4v) is 2.22. The third kappa shape index (κ3) is 5.51. The van der Waals surface area contributed by atoms with Crippen LogP contribution >= 0.6 is 11.6 Å². The molecule has 1 atom stereocenters. The maximum atomic E-state index is 11.9. The first-order chi connectivity index (χ1) is 11.1. The summed E-state index contributed by atoms with van der Waals surface area (Å²) in [6.45, 7) is 0.0972. The molecule has 0 saturated heterocycles. The van der Waals surface area contributed by atoms with E-state index < -0.39 is 6.10 Å². The van der Waals surface area contributed by atoms with Gasteiger partial charge in [0.15, 0.2) is 5.78 Å². The summed E-state index contributed by atoms with van der Waals surface area (Å²) in [7, 11) is 0. The molecule has 0 spiro atoms. The summed E-state index contributed by atoms with van der Waals surface area (Å²) in [6, 6.07) is 15.6. The summed E-state index contributed by atoms with van der Waals surface area (Å²) in [4.78, 5) is 23.7. The highest BCUT2D eigenvalue weighted by Crippen LogP contribution is 2.15. The Morgan fingerprint density at radius 1 is 1.00 bits per heavy atom. The highest BCUT2D eigenvalue weighted by Gasteiger charge is 2.11. The van der Waals surface area contributed by atoms with E-state index >= 15 is 0 Å². The number of halogens is 1. The fourth-order valence-electron chi connectivity index (χ4n) is 2.10. The van der Waals surface area contributed by atoms with E-state index in [1.54, 1.807) is 48.5 Å². The number of hydrogen-bond acceptors (Lipinski definition) is 3. The zero-order valence-electron chi connectivity index (χ0n) is 12.5. The second-order valence-corrected chi connectivity index (χ2v) is 5.60. The van der Waals surface area contributed by atoms with Gasteiger partial charge in [0, 0.05) is 30.0 Å². The molecule has 0 radical (unpaired) electrons. The van der Waals surface area contributed by atoms with Gasteiger partial charge in [-0.15, -0.1) is 0 Å². The van der Waals surface area contributed by atoms with Crippen molar-refractivity contribution in [2.45, 2.75) is 18.9 Å². The number of ketones is 1. The van der Waals surface area contributed by atoms with Gasteiger partial charge in [-0.1, -0.05) is 54.1 Å². The van der Waals surface area contributed by atoms with Crippen molar-refractivity contribution in [2.24, 2.45) is 0 Å². The number of carbonyl (C=O) groups is 2. The Morgan fingerprint density at radius 3 is 2.30 bits per heavy atom. The number of amides is 1. The van der Waals surface area contributed by atoms with Crippen LogP contribution in [0.25, 0.3) is 0 Å². The molecule has 2 aromatic rings. The number of hydrogen-bond donors (Lipinski definition) is 2. The molecule has 0 aliphatic carbocycles. The van der Waals surface area contributed by atoms with E-state index in [2.05, 4.69) is 5.32 Å². The Bertz CT molecular complexity index is 656. The monoisotopic (exact) mass is 331 g/mol. The lowest BCUT2D eigenvalue weighted by atomic mass is 10.1. The number of Topliss-reactive ketones (excluding diaryl/α,β-unsaturated/α-hetero) is 1. The first-order valence-electron chi connectivity index (χ1n) is 7.35. The lowest BCUT2D eigenvalue weighted by molar-refractivity contribution is -0.121.